The summed E-state index contributed by atoms with van der Waals surface area (Å²) in [4.78, 5) is 2.27. The minimum absolute atomic E-state index is 0.00527. The first kappa shape index (κ1) is 18.7. The van der Waals surface area contributed by atoms with Crippen LogP contribution in [0.25, 0.3) is 0 Å². The molecule has 0 spiro atoms. The van der Waals surface area contributed by atoms with Crippen LogP contribution < -0.4 is 0 Å². The van der Waals surface area contributed by atoms with E-state index in [0.717, 1.165) is 6.54 Å². The molecule has 0 N–H and O–H groups in total. The molecule has 0 aliphatic carbocycles. The number of hydrogen-bond donors (Lipinski definition) is 0. The molecule has 0 amide bonds. The Hall–Kier alpha value is -1.11. The van der Waals surface area contributed by atoms with Crippen LogP contribution in [0.5, 0.6) is 0 Å². The van der Waals surface area contributed by atoms with Crippen molar-refractivity contribution in [1.82, 2.24) is 9.21 Å². The molecule has 3 rings (SSSR count). The van der Waals surface area contributed by atoms with Crippen LogP contribution in [-0.2, 0) is 16.6 Å². The number of nitrogens with zero attached hydrogens (tertiary/aromatic N) is 2. The van der Waals surface area contributed by atoms with Crippen molar-refractivity contribution in [3.8, 4) is 0 Å². The van der Waals surface area contributed by atoms with Crippen molar-refractivity contribution in [2.45, 2.75) is 18.4 Å². The molecule has 0 atom stereocenters. The Bertz CT molecular complexity index is 843. The molecule has 1 heterocycles. The lowest BCUT2D eigenvalue weighted by molar-refractivity contribution is 0.181. The molecule has 134 valence electrons. The van der Waals surface area contributed by atoms with E-state index in [4.69, 9.17) is 23.2 Å². The summed E-state index contributed by atoms with van der Waals surface area (Å²) in [7, 11) is -3.69. The quantitative estimate of drug-likeness (QED) is 0.785. The van der Waals surface area contributed by atoms with Crippen molar-refractivity contribution in [2.75, 3.05) is 26.2 Å². The fourth-order valence-electron chi connectivity index (χ4n) is 3.01. The molecule has 1 fully saturated rings. The van der Waals surface area contributed by atoms with E-state index in [1.165, 1.54) is 15.4 Å². The lowest BCUT2D eigenvalue weighted by Crippen LogP contribution is -2.48. The van der Waals surface area contributed by atoms with Crippen molar-refractivity contribution in [2.24, 2.45) is 0 Å². The van der Waals surface area contributed by atoms with E-state index >= 15 is 0 Å². The summed E-state index contributed by atoms with van der Waals surface area (Å²) in [5, 5.41) is 0.324. The Labute approximate surface area is 159 Å². The molecular formula is C18H20Cl2N2O2S. The van der Waals surface area contributed by atoms with Gasteiger partial charge in [-0.15, -0.1) is 0 Å². The summed E-state index contributed by atoms with van der Waals surface area (Å²) in [6.45, 7) is 5.12. The van der Waals surface area contributed by atoms with E-state index in [-0.39, 0.29) is 14.9 Å². The first-order valence-corrected chi connectivity index (χ1v) is 10.3. The molecule has 0 aromatic heterocycles. The van der Waals surface area contributed by atoms with Crippen LogP contribution in [0.1, 0.15) is 11.1 Å². The summed E-state index contributed by atoms with van der Waals surface area (Å²) in [5.41, 5.74) is 2.52. The second-order valence-corrected chi connectivity index (χ2v) is 8.85. The summed E-state index contributed by atoms with van der Waals surface area (Å²) < 4.78 is 27.2. The maximum Gasteiger partial charge on any atom is 0.246 e. The Kier molecular flexibility index (Phi) is 5.71. The Morgan fingerprint density at radius 2 is 1.52 bits per heavy atom. The number of sulfonamides is 1. The second-order valence-electron chi connectivity index (χ2n) is 6.16. The fourth-order valence-corrected chi connectivity index (χ4v) is 5.53. The van der Waals surface area contributed by atoms with Crippen LogP contribution in [0, 0.1) is 6.92 Å². The third-order valence-corrected chi connectivity index (χ3v) is 7.36. The molecule has 2 aromatic carbocycles. The topological polar surface area (TPSA) is 40.6 Å². The highest BCUT2D eigenvalue weighted by Gasteiger charge is 2.31. The van der Waals surface area contributed by atoms with Gasteiger partial charge in [-0.3, -0.25) is 4.90 Å². The highest BCUT2D eigenvalue weighted by Crippen LogP contribution is 2.32. The van der Waals surface area contributed by atoms with Crippen LogP contribution in [0.2, 0.25) is 10.0 Å². The number of hydrogen-bond acceptors (Lipinski definition) is 3. The number of benzene rings is 2. The van der Waals surface area contributed by atoms with E-state index in [9.17, 15) is 8.42 Å². The van der Waals surface area contributed by atoms with Gasteiger partial charge in [-0.25, -0.2) is 8.42 Å². The largest absolute Gasteiger partial charge is 0.296 e. The van der Waals surface area contributed by atoms with Gasteiger partial charge in [0, 0.05) is 32.7 Å². The second kappa shape index (κ2) is 7.64. The van der Waals surface area contributed by atoms with Crippen LogP contribution in [0.4, 0.5) is 0 Å². The van der Waals surface area contributed by atoms with Crippen LogP contribution >= 0.6 is 23.2 Å². The molecule has 4 nitrogen and oxygen atoms in total. The molecule has 7 heteroatoms. The van der Waals surface area contributed by atoms with Gasteiger partial charge in [0.2, 0.25) is 10.0 Å². The molecule has 25 heavy (non-hydrogen) atoms. The minimum Gasteiger partial charge on any atom is -0.296 e. The predicted octanol–water partition coefficient (Wildman–Crippen LogP) is 3.81. The summed E-state index contributed by atoms with van der Waals surface area (Å²) >= 11 is 12.2. The van der Waals surface area contributed by atoms with Crippen LogP contribution in [0.3, 0.4) is 0 Å². The number of piperazine rings is 1. The first-order chi connectivity index (χ1) is 11.9. The monoisotopic (exact) mass is 398 g/mol. The van der Waals surface area contributed by atoms with E-state index < -0.39 is 10.0 Å². The Morgan fingerprint density at radius 1 is 0.920 bits per heavy atom. The zero-order chi connectivity index (χ0) is 18.0. The molecular weight excluding hydrogens is 379 g/mol. The summed E-state index contributed by atoms with van der Waals surface area (Å²) in [6, 6.07) is 13.0. The average Bonchev–Trinajstić information content (AvgIpc) is 2.57. The molecule has 1 aliphatic heterocycles. The average molecular weight is 399 g/mol. The molecule has 1 saturated heterocycles. The smallest absolute Gasteiger partial charge is 0.246 e. The molecule has 0 radical (unpaired) electrons. The maximum absolute atomic E-state index is 12.9. The van der Waals surface area contributed by atoms with Gasteiger partial charge in [0.25, 0.3) is 0 Å². The fraction of sp³-hybridized carbons (Fsp3) is 0.333. The molecule has 2 aromatic rings. The predicted molar refractivity (Wildman–Crippen MR) is 102 cm³/mol. The van der Waals surface area contributed by atoms with E-state index in [1.54, 1.807) is 18.2 Å². The number of aryl methyl sites for hydroxylation is 1. The Balaban J connectivity index is 1.71. The maximum atomic E-state index is 12.9. The lowest BCUT2D eigenvalue weighted by Gasteiger charge is -2.34. The van der Waals surface area contributed by atoms with Crippen LogP contribution in [-0.4, -0.2) is 43.8 Å². The minimum atomic E-state index is -3.69. The zero-order valence-electron chi connectivity index (χ0n) is 14.0. The van der Waals surface area contributed by atoms with E-state index in [0.29, 0.717) is 26.2 Å². The van der Waals surface area contributed by atoms with Gasteiger partial charge in [-0.2, -0.15) is 4.31 Å². The van der Waals surface area contributed by atoms with Crippen molar-refractivity contribution in [1.29, 1.82) is 0 Å². The molecule has 0 saturated carbocycles. The third kappa shape index (κ3) is 4.01. The normalized spacial score (nSPS) is 16.9. The third-order valence-electron chi connectivity index (χ3n) is 4.50. The van der Waals surface area contributed by atoms with Gasteiger partial charge in [-0.05, 0) is 30.2 Å². The molecule has 1 aliphatic rings. The highest BCUT2D eigenvalue weighted by atomic mass is 35.5. The van der Waals surface area contributed by atoms with Gasteiger partial charge in [0.15, 0.2) is 0 Å². The zero-order valence-corrected chi connectivity index (χ0v) is 16.3. The van der Waals surface area contributed by atoms with Crippen molar-refractivity contribution in [3.63, 3.8) is 0 Å². The van der Waals surface area contributed by atoms with E-state index in [1.807, 2.05) is 12.1 Å². The van der Waals surface area contributed by atoms with Gasteiger partial charge >= 0.3 is 0 Å². The van der Waals surface area contributed by atoms with Crippen molar-refractivity contribution >= 4 is 33.2 Å². The highest BCUT2D eigenvalue weighted by molar-refractivity contribution is 7.89. The van der Waals surface area contributed by atoms with Gasteiger partial charge in [0.05, 0.1) is 10.0 Å². The Morgan fingerprint density at radius 3 is 2.12 bits per heavy atom. The van der Waals surface area contributed by atoms with Gasteiger partial charge in [-0.1, -0.05) is 53.5 Å². The standard InChI is InChI=1S/C18H20Cl2N2O2S/c1-14-5-2-3-6-15(14)13-21-9-11-22(12-10-21)25(23,24)18-16(19)7-4-8-17(18)20/h2-8H,9-13H2,1H3. The molecule has 0 unspecified atom stereocenters. The summed E-state index contributed by atoms with van der Waals surface area (Å²) in [6.07, 6.45) is 0. The first-order valence-electron chi connectivity index (χ1n) is 8.10. The molecule has 0 bridgehead atoms. The SMILES string of the molecule is Cc1ccccc1CN1CCN(S(=O)(=O)c2c(Cl)cccc2Cl)CC1. The van der Waals surface area contributed by atoms with Crippen LogP contribution in [0.15, 0.2) is 47.4 Å². The van der Waals surface area contributed by atoms with E-state index in [2.05, 4.69) is 24.0 Å². The van der Waals surface area contributed by atoms with Gasteiger partial charge < -0.3 is 0 Å². The van der Waals surface area contributed by atoms with Gasteiger partial charge in [0.1, 0.15) is 4.90 Å². The number of halogens is 2. The lowest BCUT2D eigenvalue weighted by atomic mass is 10.1. The van der Waals surface area contributed by atoms with Crippen molar-refractivity contribution in [3.05, 3.63) is 63.6 Å². The summed E-state index contributed by atoms with van der Waals surface area (Å²) in [5.74, 6) is 0. The van der Waals surface area contributed by atoms with Crippen molar-refractivity contribution < 1.29 is 8.42 Å². The number of rotatable bonds is 4.